The maximum atomic E-state index is 12.3. The molecule has 0 bridgehead atoms. The first-order valence-electron chi connectivity index (χ1n) is 8.43. The van der Waals surface area contributed by atoms with Gasteiger partial charge in [-0.15, -0.1) is 0 Å². The number of amides is 1. The van der Waals surface area contributed by atoms with E-state index in [9.17, 15) is 4.79 Å². The Morgan fingerprint density at radius 1 is 1.26 bits per heavy atom. The van der Waals surface area contributed by atoms with Crippen LogP contribution < -0.4 is 9.47 Å². The van der Waals surface area contributed by atoms with Crippen LogP contribution in [0.5, 0.6) is 11.6 Å². The molecule has 8 heteroatoms. The van der Waals surface area contributed by atoms with Crippen molar-refractivity contribution in [2.45, 2.75) is 18.9 Å². The van der Waals surface area contributed by atoms with E-state index >= 15 is 0 Å². The summed E-state index contributed by atoms with van der Waals surface area (Å²) in [6, 6.07) is 10.2. The molecule has 1 aliphatic heterocycles. The molecule has 0 atom stereocenters. The van der Waals surface area contributed by atoms with Gasteiger partial charge in [0.15, 0.2) is 6.61 Å². The monoisotopic (exact) mass is 405 g/mol. The van der Waals surface area contributed by atoms with Crippen molar-refractivity contribution in [3.05, 3.63) is 52.1 Å². The van der Waals surface area contributed by atoms with Crippen LogP contribution in [0.2, 0.25) is 10.0 Å². The molecule has 2 heterocycles. The van der Waals surface area contributed by atoms with E-state index in [1.165, 1.54) is 6.20 Å². The maximum Gasteiger partial charge on any atom is 0.260 e. The number of ether oxygens (including phenoxy) is 2. The van der Waals surface area contributed by atoms with Crippen molar-refractivity contribution in [1.29, 1.82) is 5.26 Å². The van der Waals surface area contributed by atoms with Crippen molar-refractivity contribution in [2.24, 2.45) is 0 Å². The maximum absolute atomic E-state index is 12.3. The molecule has 0 aliphatic carbocycles. The average Bonchev–Trinajstić information content (AvgIpc) is 2.68. The summed E-state index contributed by atoms with van der Waals surface area (Å²) in [5.41, 5.74) is 0.489. The molecular formula is C19H17Cl2N3O3. The van der Waals surface area contributed by atoms with Crippen LogP contribution >= 0.6 is 23.2 Å². The molecule has 140 valence electrons. The Hall–Kier alpha value is -2.49. The van der Waals surface area contributed by atoms with Gasteiger partial charge < -0.3 is 14.4 Å². The van der Waals surface area contributed by atoms with E-state index in [4.69, 9.17) is 37.9 Å². The van der Waals surface area contributed by atoms with Crippen molar-refractivity contribution < 1.29 is 14.3 Å². The highest BCUT2D eigenvalue weighted by Gasteiger charge is 2.24. The van der Waals surface area contributed by atoms with Gasteiger partial charge in [-0.2, -0.15) is 5.26 Å². The number of benzene rings is 1. The summed E-state index contributed by atoms with van der Waals surface area (Å²) in [6.45, 7) is 1.08. The Morgan fingerprint density at radius 3 is 2.67 bits per heavy atom. The van der Waals surface area contributed by atoms with Gasteiger partial charge in [0.2, 0.25) is 5.88 Å². The topological polar surface area (TPSA) is 75.5 Å². The van der Waals surface area contributed by atoms with Gasteiger partial charge in [-0.25, -0.2) is 4.98 Å². The molecular weight excluding hydrogens is 389 g/mol. The third-order valence-electron chi connectivity index (χ3n) is 4.19. The van der Waals surface area contributed by atoms with E-state index < -0.39 is 0 Å². The second-order valence-corrected chi connectivity index (χ2v) is 6.90. The Labute approximate surface area is 167 Å². The predicted molar refractivity (Wildman–Crippen MR) is 101 cm³/mol. The van der Waals surface area contributed by atoms with Crippen LogP contribution in [0.3, 0.4) is 0 Å². The first-order chi connectivity index (χ1) is 13.0. The number of likely N-dealkylation sites (tertiary alicyclic amines) is 1. The second-order valence-electron chi connectivity index (χ2n) is 6.06. The van der Waals surface area contributed by atoms with Crippen molar-refractivity contribution in [3.8, 4) is 17.7 Å². The van der Waals surface area contributed by atoms with Crippen molar-refractivity contribution in [2.75, 3.05) is 19.7 Å². The third-order valence-corrected chi connectivity index (χ3v) is 4.72. The first-order valence-corrected chi connectivity index (χ1v) is 9.19. The number of halogens is 2. The lowest BCUT2D eigenvalue weighted by molar-refractivity contribution is -0.135. The Balaban J connectivity index is 1.45. The highest BCUT2D eigenvalue weighted by molar-refractivity contribution is 6.35. The standard InChI is InChI=1S/C19H17Cl2N3O3/c20-14-2-3-17(16(21)9-14)26-12-19(25)24-7-5-15(6-8-24)27-18-4-1-13(10-22)11-23-18/h1-4,9,11,15H,5-8,12H2. The van der Waals surface area contributed by atoms with Crippen molar-refractivity contribution in [1.82, 2.24) is 9.88 Å². The van der Waals surface area contributed by atoms with Crippen LogP contribution in [0.1, 0.15) is 18.4 Å². The lowest BCUT2D eigenvalue weighted by Crippen LogP contribution is -2.43. The quantitative estimate of drug-likeness (QED) is 0.757. The number of carbonyl (C=O) groups excluding carboxylic acids is 1. The summed E-state index contributed by atoms with van der Waals surface area (Å²) in [5, 5.41) is 9.67. The van der Waals surface area contributed by atoms with Gasteiger partial charge in [0.05, 0.1) is 10.6 Å². The van der Waals surface area contributed by atoms with E-state index in [1.807, 2.05) is 6.07 Å². The molecule has 6 nitrogen and oxygen atoms in total. The molecule has 1 fully saturated rings. The number of nitrogens with zero attached hydrogens (tertiary/aromatic N) is 3. The summed E-state index contributed by atoms with van der Waals surface area (Å²) in [6.07, 6.45) is 2.87. The average molecular weight is 406 g/mol. The van der Waals surface area contributed by atoms with E-state index in [0.717, 1.165) is 0 Å². The number of hydrogen-bond donors (Lipinski definition) is 0. The lowest BCUT2D eigenvalue weighted by Gasteiger charge is -2.31. The minimum Gasteiger partial charge on any atom is -0.482 e. The minimum atomic E-state index is -0.101. The van der Waals surface area contributed by atoms with Gasteiger partial charge in [-0.1, -0.05) is 23.2 Å². The fraction of sp³-hybridized carbons (Fsp3) is 0.316. The van der Waals surface area contributed by atoms with Gasteiger partial charge in [0.25, 0.3) is 5.91 Å². The molecule has 1 aromatic carbocycles. The van der Waals surface area contributed by atoms with Crippen LogP contribution in [0.25, 0.3) is 0 Å². The van der Waals surface area contributed by atoms with Crippen LogP contribution in [0.4, 0.5) is 0 Å². The number of carbonyl (C=O) groups is 1. The van der Waals surface area contributed by atoms with Gasteiger partial charge >= 0.3 is 0 Å². The summed E-state index contributed by atoms with van der Waals surface area (Å²) in [5.74, 6) is 0.815. The van der Waals surface area contributed by atoms with Gasteiger partial charge in [0.1, 0.15) is 17.9 Å². The van der Waals surface area contributed by atoms with Crippen LogP contribution in [0, 0.1) is 11.3 Å². The van der Waals surface area contributed by atoms with E-state index in [-0.39, 0.29) is 18.6 Å². The first kappa shape index (κ1) is 19.3. The summed E-state index contributed by atoms with van der Waals surface area (Å²) >= 11 is 11.9. The Kier molecular flexibility index (Phi) is 6.38. The molecule has 2 aromatic rings. The number of piperidine rings is 1. The zero-order valence-electron chi connectivity index (χ0n) is 14.4. The van der Waals surface area contributed by atoms with E-state index in [0.29, 0.717) is 53.2 Å². The fourth-order valence-corrected chi connectivity index (χ4v) is 3.20. The summed E-state index contributed by atoms with van der Waals surface area (Å²) in [4.78, 5) is 18.2. The smallest absolute Gasteiger partial charge is 0.260 e. The number of rotatable bonds is 5. The number of hydrogen-bond acceptors (Lipinski definition) is 5. The molecule has 3 rings (SSSR count). The SMILES string of the molecule is N#Cc1ccc(OC2CCN(C(=O)COc3ccc(Cl)cc3Cl)CC2)nc1. The lowest BCUT2D eigenvalue weighted by atomic mass is 10.1. The number of pyridine rings is 1. The van der Waals surface area contributed by atoms with Gasteiger partial charge in [-0.05, 0) is 24.3 Å². The fourth-order valence-electron chi connectivity index (χ4n) is 2.73. The predicted octanol–water partition coefficient (Wildman–Crippen LogP) is 3.71. The molecule has 0 unspecified atom stereocenters. The molecule has 1 saturated heterocycles. The highest BCUT2D eigenvalue weighted by Crippen LogP contribution is 2.27. The Morgan fingerprint density at radius 2 is 2.04 bits per heavy atom. The largest absolute Gasteiger partial charge is 0.482 e. The van der Waals surface area contributed by atoms with Crippen molar-refractivity contribution >= 4 is 29.1 Å². The molecule has 1 aliphatic rings. The zero-order valence-corrected chi connectivity index (χ0v) is 15.9. The minimum absolute atomic E-state index is 0.0129. The Bertz CT molecular complexity index is 844. The molecule has 27 heavy (non-hydrogen) atoms. The van der Waals surface area contributed by atoms with Gasteiger partial charge in [0, 0.05) is 43.2 Å². The summed E-state index contributed by atoms with van der Waals surface area (Å²) in [7, 11) is 0. The number of nitriles is 1. The highest BCUT2D eigenvalue weighted by atomic mass is 35.5. The van der Waals surface area contributed by atoms with Crippen LogP contribution in [-0.2, 0) is 4.79 Å². The van der Waals surface area contributed by atoms with Crippen LogP contribution in [-0.4, -0.2) is 41.6 Å². The molecule has 0 saturated carbocycles. The van der Waals surface area contributed by atoms with Crippen LogP contribution in [0.15, 0.2) is 36.5 Å². The molecule has 0 N–H and O–H groups in total. The molecule has 0 spiro atoms. The van der Waals surface area contributed by atoms with E-state index in [2.05, 4.69) is 4.98 Å². The summed E-state index contributed by atoms with van der Waals surface area (Å²) < 4.78 is 11.3. The third kappa shape index (κ3) is 5.25. The zero-order chi connectivity index (χ0) is 19.2. The second kappa shape index (κ2) is 8.94. The molecule has 1 aromatic heterocycles. The molecule has 0 radical (unpaired) electrons. The van der Waals surface area contributed by atoms with E-state index in [1.54, 1.807) is 35.2 Å². The van der Waals surface area contributed by atoms with Crippen molar-refractivity contribution in [3.63, 3.8) is 0 Å². The van der Waals surface area contributed by atoms with Gasteiger partial charge in [-0.3, -0.25) is 4.79 Å². The normalized spacial score (nSPS) is 14.5. The molecule has 1 amide bonds. The number of aromatic nitrogens is 1.